The van der Waals surface area contributed by atoms with Crippen molar-refractivity contribution in [1.82, 2.24) is 10.2 Å². The number of nitro groups is 1. The van der Waals surface area contributed by atoms with E-state index in [1.165, 1.54) is 18.2 Å². The lowest BCUT2D eigenvalue weighted by Crippen LogP contribution is -2.45. The van der Waals surface area contributed by atoms with Crippen LogP contribution < -0.4 is 5.32 Å². The van der Waals surface area contributed by atoms with Crippen LogP contribution in [0.4, 0.5) is 10.5 Å². The Bertz CT molecular complexity index is 709. The number of alkyl carbamates (subject to hydrolysis) is 1. The number of nitrogens with zero attached hydrogens (tertiary/aromatic N) is 2. The van der Waals surface area contributed by atoms with E-state index in [4.69, 9.17) is 16.3 Å². The number of carbonyl (C=O) groups is 2. The number of carbonyl (C=O) groups excluding carboxylic acids is 2. The van der Waals surface area contributed by atoms with Crippen LogP contribution in [0.2, 0.25) is 5.02 Å². The highest BCUT2D eigenvalue weighted by Crippen LogP contribution is 2.25. The number of likely N-dealkylation sites (tertiary alicyclic amines) is 1. The summed E-state index contributed by atoms with van der Waals surface area (Å²) in [5.41, 5.74) is -0.314. The molecule has 9 heteroatoms. The molecular formula is C17H22ClN3O5. The zero-order chi connectivity index (χ0) is 19.5. The third-order valence-corrected chi connectivity index (χ3v) is 4.19. The number of non-ortho nitro benzene ring substituents is 1. The Morgan fingerprint density at radius 3 is 2.42 bits per heavy atom. The van der Waals surface area contributed by atoms with Crippen molar-refractivity contribution in [2.24, 2.45) is 0 Å². The van der Waals surface area contributed by atoms with Gasteiger partial charge in [-0.25, -0.2) is 4.79 Å². The minimum Gasteiger partial charge on any atom is -0.446 e. The summed E-state index contributed by atoms with van der Waals surface area (Å²) in [4.78, 5) is 36.2. The van der Waals surface area contributed by atoms with E-state index >= 15 is 0 Å². The van der Waals surface area contributed by atoms with E-state index in [2.05, 4.69) is 5.32 Å². The quantitative estimate of drug-likeness (QED) is 0.636. The second-order valence-corrected chi connectivity index (χ2v) is 7.60. The molecule has 2 amide bonds. The van der Waals surface area contributed by atoms with E-state index < -0.39 is 11.0 Å². The molecule has 0 radical (unpaired) electrons. The van der Waals surface area contributed by atoms with Crippen LogP contribution in [0.1, 0.15) is 44.0 Å². The van der Waals surface area contributed by atoms with Gasteiger partial charge >= 0.3 is 6.09 Å². The van der Waals surface area contributed by atoms with E-state index in [1.54, 1.807) is 4.90 Å². The largest absolute Gasteiger partial charge is 0.446 e. The van der Waals surface area contributed by atoms with Gasteiger partial charge in [-0.05, 0) is 26.8 Å². The number of hydrogen-bond donors (Lipinski definition) is 1. The summed E-state index contributed by atoms with van der Waals surface area (Å²) in [6, 6.07) is 3.79. The summed E-state index contributed by atoms with van der Waals surface area (Å²) in [7, 11) is 0. The van der Waals surface area contributed by atoms with Gasteiger partial charge in [0, 0.05) is 43.6 Å². The molecule has 1 aliphatic heterocycles. The van der Waals surface area contributed by atoms with Crippen LogP contribution >= 0.6 is 11.6 Å². The Balaban J connectivity index is 1.92. The number of ether oxygens (including phenoxy) is 1. The van der Waals surface area contributed by atoms with Gasteiger partial charge in [-0.1, -0.05) is 11.6 Å². The number of piperidine rings is 1. The smallest absolute Gasteiger partial charge is 0.407 e. The molecule has 0 spiro atoms. The lowest BCUT2D eigenvalue weighted by molar-refractivity contribution is -0.384. The lowest BCUT2D eigenvalue weighted by Gasteiger charge is -2.32. The first kappa shape index (κ1) is 20.0. The van der Waals surface area contributed by atoms with Gasteiger partial charge in [0.2, 0.25) is 0 Å². The van der Waals surface area contributed by atoms with Crippen molar-refractivity contribution >= 4 is 29.3 Å². The van der Waals surface area contributed by atoms with Crippen molar-refractivity contribution in [3.63, 3.8) is 0 Å². The number of nitrogens with one attached hydrogen (secondary N) is 1. The predicted molar refractivity (Wildman–Crippen MR) is 96.4 cm³/mol. The molecule has 8 nitrogen and oxygen atoms in total. The fourth-order valence-corrected chi connectivity index (χ4v) is 2.88. The number of hydrogen-bond acceptors (Lipinski definition) is 5. The maximum absolute atomic E-state index is 12.6. The van der Waals surface area contributed by atoms with E-state index in [0.29, 0.717) is 25.9 Å². The van der Waals surface area contributed by atoms with Gasteiger partial charge in [-0.3, -0.25) is 14.9 Å². The first-order valence-electron chi connectivity index (χ1n) is 8.29. The van der Waals surface area contributed by atoms with Crippen molar-refractivity contribution in [2.45, 2.75) is 45.3 Å². The van der Waals surface area contributed by atoms with Crippen molar-refractivity contribution in [1.29, 1.82) is 0 Å². The zero-order valence-corrected chi connectivity index (χ0v) is 15.7. The van der Waals surface area contributed by atoms with Gasteiger partial charge in [0.25, 0.3) is 11.6 Å². The maximum Gasteiger partial charge on any atom is 0.407 e. The molecule has 2 rings (SSSR count). The minimum atomic E-state index is -0.564. The second-order valence-electron chi connectivity index (χ2n) is 7.19. The van der Waals surface area contributed by atoms with Crippen LogP contribution in [0, 0.1) is 10.1 Å². The topological polar surface area (TPSA) is 102 Å². The third-order valence-electron chi connectivity index (χ3n) is 3.87. The summed E-state index contributed by atoms with van der Waals surface area (Å²) in [5.74, 6) is -0.289. The van der Waals surface area contributed by atoms with Crippen LogP contribution in [0.15, 0.2) is 18.2 Å². The zero-order valence-electron chi connectivity index (χ0n) is 15.0. The second kappa shape index (κ2) is 7.90. The molecule has 0 aromatic heterocycles. The Morgan fingerprint density at radius 1 is 1.31 bits per heavy atom. The Labute approximate surface area is 156 Å². The molecule has 142 valence electrons. The van der Waals surface area contributed by atoms with Crippen molar-refractivity contribution in [3.05, 3.63) is 38.9 Å². The first-order valence-corrected chi connectivity index (χ1v) is 8.66. The SMILES string of the molecule is CC(C)(C)NC(=O)OC1CCN(C(=O)c2ccc([N+](=O)[O-])cc2Cl)CC1. The third kappa shape index (κ3) is 5.32. The molecule has 1 aromatic rings. The summed E-state index contributed by atoms with van der Waals surface area (Å²) >= 11 is 6.02. The van der Waals surface area contributed by atoms with Gasteiger partial charge in [-0.2, -0.15) is 0 Å². The van der Waals surface area contributed by atoms with E-state index in [1.807, 2.05) is 20.8 Å². The van der Waals surface area contributed by atoms with Gasteiger partial charge in [0.05, 0.1) is 15.5 Å². The number of benzene rings is 1. The van der Waals surface area contributed by atoms with Crippen LogP contribution in [-0.4, -0.2) is 46.6 Å². The van der Waals surface area contributed by atoms with E-state index in [9.17, 15) is 19.7 Å². The number of amides is 2. The molecular weight excluding hydrogens is 362 g/mol. The molecule has 1 saturated heterocycles. The van der Waals surface area contributed by atoms with Crippen LogP contribution in [-0.2, 0) is 4.74 Å². The summed E-state index contributed by atoms with van der Waals surface area (Å²) in [6.45, 7) is 6.43. The lowest BCUT2D eigenvalue weighted by atomic mass is 10.1. The van der Waals surface area contributed by atoms with Crippen molar-refractivity contribution in [3.8, 4) is 0 Å². The molecule has 0 unspecified atom stereocenters. The maximum atomic E-state index is 12.6. The highest BCUT2D eigenvalue weighted by molar-refractivity contribution is 6.34. The van der Waals surface area contributed by atoms with Crippen LogP contribution in [0.3, 0.4) is 0 Å². The Kier molecular flexibility index (Phi) is 6.07. The molecule has 0 saturated carbocycles. The minimum absolute atomic E-state index is 0.0483. The molecule has 1 heterocycles. The highest BCUT2D eigenvalue weighted by Gasteiger charge is 2.28. The summed E-state index contributed by atoms with van der Waals surface area (Å²) in [6.07, 6.45) is 0.316. The average molecular weight is 384 g/mol. The summed E-state index contributed by atoms with van der Waals surface area (Å²) in [5, 5.41) is 13.5. The number of nitro benzene ring substituents is 1. The fraction of sp³-hybridized carbons (Fsp3) is 0.529. The number of halogens is 1. The van der Waals surface area contributed by atoms with Gasteiger partial charge in [0.15, 0.2) is 0 Å². The molecule has 26 heavy (non-hydrogen) atoms. The molecule has 1 aromatic carbocycles. The van der Waals surface area contributed by atoms with E-state index in [-0.39, 0.29) is 33.8 Å². The summed E-state index contributed by atoms with van der Waals surface area (Å²) < 4.78 is 5.38. The molecule has 0 bridgehead atoms. The van der Waals surface area contributed by atoms with Gasteiger partial charge < -0.3 is 15.0 Å². The molecule has 0 atom stereocenters. The normalized spacial score (nSPS) is 15.5. The van der Waals surface area contributed by atoms with Gasteiger partial charge in [0.1, 0.15) is 6.10 Å². The first-order chi connectivity index (χ1) is 12.1. The number of rotatable bonds is 3. The molecule has 1 N–H and O–H groups in total. The predicted octanol–water partition coefficient (Wildman–Crippen LogP) is 3.38. The Morgan fingerprint density at radius 2 is 1.92 bits per heavy atom. The molecule has 0 aliphatic carbocycles. The Hall–Kier alpha value is -2.35. The average Bonchev–Trinajstić information content (AvgIpc) is 2.53. The highest BCUT2D eigenvalue weighted by atomic mass is 35.5. The van der Waals surface area contributed by atoms with Crippen molar-refractivity contribution in [2.75, 3.05) is 13.1 Å². The van der Waals surface area contributed by atoms with Gasteiger partial charge in [-0.15, -0.1) is 0 Å². The van der Waals surface area contributed by atoms with E-state index in [0.717, 1.165) is 0 Å². The molecule has 1 aliphatic rings. The van der Waals surface area contributed by atoms with Crippen molar-refractivity contribution < 1.29 is 19.2 Å². The molecule has 1 fully saturated rings. The van der Waals surface area contributed by atoms with Crippen LogP contribution in [0.25, 0.3) is 0 Å². The fourth-order valence-electron chi connectivity index (χ4n) is 2.63. The standard InChI is InChI=1S/C17H22ClN3O5/c1-17(2,3)19-16(23)26-12-6-8-20(9-7-12)15(22)13-5-4-11(21(24)25)10-14(13)18/h4-5,10,12H,6-9H2,1-3H3,(H,19,23). The van der Waals surface area contributed by atoms with Crippen LogP contribution in [0.5, 0.6) is 0 Å². The monoisotopic (exact) mass is 383 g/mol.